The van der Waals surface area contributed by atoms with Gasteiger partial charge in [-0.15, -0.1) is 0 Å². The lowest BCUT2D eigenvalue weighted by Crippen LogP contribution is -2.38. The van der Waals surface area contributed by atoms with Crippen molar-refractivity contribution in [3.05, 3.63) is 68.5 Å². The van der Waals surface area contributed by atoms with E-state index in [2.05, 4.69) is 5.32 Å². The van der Waals surface area contributed by atoms with Crippen molar-refractivity contribution in [2.24, 2.45) is 0 Å². The summed E-state index contributed by atoms with van der Waals surface area (Å²) in [5, 5.41) is 4.13. The fraction of sp³-hybridized carbons (Fsp3) is 0.346. The van der Waals surface area contributed by atoms with E-state index in [0.29, 0.717) is 16.2 Å². The fourth-order valence-electron chi connectivity index (χ4n) is 4.12. The van der Waals surface area contributed by atoms with E-state index in [1.807, 2.05) is 13.8 Å². The van der Waals surface area contributed by atoms with Crippen LogP contribution in [0.25, 0.3) is 11.0 Å². The largest absolute Gasteiger partial charge is 0.482 e. The molecule has 0 atom stereocenters. The van der Waals surface area contributed by atoms with Gasteiger partial charge in [0.05, 0.1) is 0 Å². The minimum absolute atomic E-state index is 0.0373. The van der Waals surface area contributed by atoms with Crippen LogP contribution in [0.5, 0.6) is 11.5 Å². The van der Waals surface area contributed by atoms with Gasteiger partial charge < -0.3 is 19.2 Å². The minimum atomic E-state index is -0.735. The summed E-state index contributed by atoms with van der Waals surface area (Å²) >= 11 is 6.15. The molecule has 1 N–H and O–H groups in total. The quantitative estimate of drug-likeness (QED) is 0.297. The Morgan fingerprint density at radius 2 is 1.74 bits per heavy atom. The van der Waals surface area contributed by atoms with E-state index in [1.165, 1.54) is 18.6 Å². The van der Waals surface area contributed by atoms with Gasteiger partial charge in [-0.2, -0.15) is 0 Å². The molecule has 1 aliphatic carbocycles. The van der Waals surface area contributed by atoms with Crippen molar-refractivity contribution >= 4 is 34.4 Å². The Bertz CT molecular complexity index is 1270. The number of carbonyl (C=O) groups excluding carboxylic acids is 2. The third-order valence-electron chi connectivity index (χ3n) is 5.89. The number of fused-ring (bicyclic) bond motifs is 1. The van der Waals surface area contributed by atoms with Crippen LogP contribution in [0.1, 0.15) is 53.6 Å². The summed E-state index contributed by atoms with van der Waals surface area (Å²) < 4.78 is 16.2. The third kappa shape index (κ3) is 5.59. The lowest BCUT2D eigenvalue weighted by atomic mass is 9.95. The van der Waals surface area contributed by atoms with Crippen LogP contribution in [-0.4, -0.2) is 24.5 Å². The van der Waals surface area contributed by atoms with E-state index >= 15 is 0 Å². The molecule has 0 unspecified atom stereocenters. The highest BCUT2D eigenvalue weighted by Crippen LogP contribution is 2.26. The molecule has 1 heterocycles. The van der Waals surface area contributed by atoms with Gasteiger partial charge >= 0.3 is 11.6 Å². The number of nitrogens with one attached hydrogen (secondary N) is 1. The average Bonchev–Trinajstić information content (AvgIpc) is 2.81. The van der Waals surface area contributed by atoms with Crippen LogP contribution in [0.2, 0.25) is 5.02 Å². The molecule has 1 amide bonds. The Morgan fingerprint density at radius 1 is 1.03 bits per heavy atom. The molecule has 3 aromatic rings. The summed E-state index contributed by atoms with van der Waals surface area (Å²) in [6.45, 7) is 3.41. The molecule has 0 radical (unpaired) electrons. The topological polar surface area (TPSA) is 94.8 Å². The van der Waals surface area contributed by atoms with E-state index in [9.17, 15) is 14.4 Å². The molecule has 8 heteroatoms. The zero-order valence-corrected chi connectivity index (χ0v) is 19.9. The van der Waals surface area contributed by atoms with Crippen molar-refractivity contribution in [1.29, 1.82) is 0 Å². The third-order valence-corrected chi connectivity index (χ3v) is 6.49. The van der Waals surface area contributed by atoms with Crippen LogP contribution in [-0.2, 0) is 4.79 Å². The second kappa shape index (κ2) is 10.3. The van der Waals surface area contributed by atoms with E-state index < -0.39 is 17.5 Å². The lowest BCUT2D eigenvalue weighted by Gasteiger charge is -2.22. The Morgan fingerprint density at radius 3 is 2.44 bits per heavy atom. The van der Waals surface area contributed by atoms with Gasteiger partial charge in [0.2, 0.25) is 0 Å². The van der Waals surface area contributed by atoms with Gasteiger partial charge in [-0.1, -0.05) is 30.9 Å². The van der Waals surface area contributed by atoms with E-state index in [-0.39, 0.29) is 29.5 Å². The fourth-order valence-corrected chi connectivity index (χ4v) is 4.23. The number of aryl methyl sites for hydroxylation is 2. The standard InChI is InChI=1S/C26H26ClNO6/c1-15-10-20(11-16(2)24(15)27)32-14-23(29)33-19-9-8-17-12-21(26(31)34-22(17)13-19)25(30)28-18-6-4-3-5-7-18/h8-13,18H,3-7,14H2,1-2H3,(H,28,30). The number of ether oxygens (including phenoxy) is 2. The Labute approximate surface area is 202 Å². The van der Waals surface area contributed by atoms with Gasteiger partial charge in [0, 0.05) is 22.5 Å². The highest BCUT2D eigenvalue weighted by molar-refractivity contribution is 6.32. The smallest absolute Gasteiger partial charge is 0.349 e. The molecule has 34 heavy (non-hydrogen) atoms. The molecule has 0 saturated heterocycles. The molecule has 1 aliphatic rings. The summed E-state index contributed by atoms with van der Waals surface area (Å²) in [5.74, 6) is -0.328. The molecule has 2 aromatic carbocycles. The van der Waals surface area contributed by atoms with Crippen molar-refractivity contribution in [3.63, 3.8) is 0 Å². The van der Waals surface area contributed by atoms with Gasteiger partial charge in [-0.3, -0.25) is 4.79 Å². The molecular formula is C26H26ClNO6. The van der Waals surface area contributed by atoms with Crippen LogP contribution in [0.4, 0.5) is 0 Å². The molecule has 178 valence electrons. The zero-order valence-electron chi connectivity index (χ0n) is 19.1. The second-order valence-corrected chi connectivity index (χ2v) is 8.97. The molecule has 0 spiro atoms. The number of carbonyl (C=O) groups is 2. The number of halogens is 1. The second-order valence-electron chi connectivity index (χ2n) is 8.59. The summed E-state index contributed by atoms with van der Waals surface area (Å²) in [5.41, 5.74) is 1.14. The van der Waals surface area contributed by atoms with Gasteiger partial charge in [-0.05, 0) is 68.1 Å². The van der Waals surface area contributed by atoms with Crippen LogP contribution in [0.15, 0.2) is 45.6 Å². The summed E-state index contributed by atoms with van der Waals surface area (Å²) in [6, 6.07) is 9.71. The van der Waals surface area contributed by atoms with Crippen LogP contribution < -0.4 is 20.4 Å². The molecule has 1 saturated carbocycles. The molecular weight excluding hydrogens is 458 g/mol. The predicted octanol–water partition coefficient (Wildman–Crippen LogP) is 5.11. The first-order valence-corrected chi connectivity index (χ1v) is 11.7. The molecule has 4 rings (SSSR count). The van der Waals surface area contributed by atoms with Crippen molar-refractivity contribution in [2.45, 2.75) is 52.0 Å². The van der Waals surface area contributed by atoms with Crippen LogP contribution in [0.3, 0.4) is 0 Å². The Hall–Kier alpha value is -3.32. The number of amides is 1. The van der Waals surface area contributed by atoms with Gasteiger partial charge in [0.25, 0.3) is 5.91 Å². The number of hydrogen-bond donors (Lipinski definition) is 1. The van der Waals surface area contributed by atoms with Gasteiger partial charge in [-0.25, -0.2) is 9.59 Å². The maximum absolute atomic E-state index is 12.6. The predicted molar refractivity (Wildman–Crippen MR) is 129 cm³/mol. The maximum Gasteiger partial charge on any atom is 0.349 e. The van der Waals surface area contributed by atoms with Crippen LogP contribution in [0, 0.1) is 13.8 Å². The Balaban J connectivity index is 1.42. The number of esters is 1. The average molecular weight is 484 g/mol. The van der Waals surface area contributed by atoms with Crippen molar-refractivity contribution in [1.82, 2.24) is 5.32 Å². The molecule has 0 aliphatic heterocycles. The normalized spacial score (nSPS) is 14.1. The molecule has 1 aromatic heterocycles. The van der Waals surface area contributed by atoms with Gasteiger partial charge in [0.1, 0.15) is 22.6 Å². The summed E-state index contributed by atoms with van der Waals surface area (Å²) in [4.78, 5) is 37.2. The first-order valence-electron chi connectivity index (χ1n) is 11.3. The number of rotatable bonds is 6. The maximum atomic E-state index is 12.6. The van der Waals surface area contributed by atoms with Crippen molar-refractivity contribution in [3.8, 4) is 11.5 Å². The molecule has 1 fully saturated rings. The van der Waals surface area contributed by atoms with E-state index in [4.69, 9.17) is 25.5 Å². The lowest BCUT2D eigenvalue weighted by molar-refractivity contribution is -0.136. The van der Waals surface area contributed by atoms with E-state index in [1.54, 1.807) is 24.3 Å². The first-order chi connectivity index (χ1) is 16.3. The van der Waals surface area contributed by atoms with Crippen LogP contribution >= 0.6 is 11.6 Å². The summed E-state index contributed by atoms with van der Waals surface area (Å²) in [6.07, 6.45) is 5.15. The minimum Gasteiger partial charge on any atom is -0.482 e. The van der Waals surface area contributed by atoms with E-state index in [0.717, 1.165) is 36.8 Å². The summed E-state index contributed by atoms with van der Waals surface area (Å²) in [7, 11) is 0. The first kappa shape index (κ1) is 23.8. The number of benzene rings is 2. The Kier molecular flexibility index (Phi) is 7.22. The highest BCUT2D eigenvalue weighted by Gasteiger charge is 2.20. The van der Waals surface area contributed by atoms with Crippen molar-refractivity contribution in [2.75, 3.05) is 6.61 Å². The SMILES string of the molecule is Cc1cc(OCC(=O)Oc2ccc3cc(C(=O)NC4CCCCC4)c(=O)oc3c2)cc(C)c1Cl. The monoisotopic (exact) mass is 483 g/mol. The van der Waals surface area contributed by atoms with Crippen molar-refractivity contribution < 1.29 is 23.5 Å². The molecule has 7 nitrogen and oxygen atoms in total. The molecule has 0 bridgehead atoms. The zero-order chi connectivity index (χ0) is 24.2. The van der Waals surface area contributed by atoms with Gasteiger partial charge in [0.15, 0.2) is 6.61 Å². The highest BCUT2D eigenvalue weighted by atomic mass is 35.5. The number of hydrogen-bond acceptors (Lipinski definition) is 6.